The van der Waals surface area contributed by atoms with Crippen LogP contribution in [0.4, 0.5) is 0 Å². The Balaban J connectivity index is 1.70. The van der Waals surface area contributed by atoms with Gasteiger partial charge in [0.15, 0.2) is 0 Å². The summed E-state index contributed by atoms with van der Waals surface area (Å²) in [7, 11) is 1.91. The Labute approximate surface area is 141 Å². The van der Waals surface area contributed by atoms with Crippen LogP contribution in [0, 0.1) is 0 Å². The van der Waals surface area contributed by atoms with E-state index < -0.39 is 0 Å². The summed E-state index contributed by atoms with van der Waals surface area (Å²) in [6.07, 6.45) is 5.75. The van der Waals surface area contributed by atoms with Gasteiger partial charge in [-0.05, 0) is 29.8 Å². The van der Waals surface area contributed by atoms with Crippen molar-refractivity contribution in [3.05, 3.63) is 54.3 Å². The monoisotopic (exact) mass is 331 g/mol. The maximum absolute atomic E-state index is 4.90. The van der Waals surface area contributed by atoms with Crippen molar-refractivity contribution in [3.8, 4) is 22.4 Å². The molecule has 0 aliphatic rings. The fourth-order valence-electron chi connectivity index (χ4n) is 2.94. The molecule has 0 atom stereocenters. The number of H-pyrrole nitrogens is 1. The van der Waals surface area contributed by atoms with Crippen LogP contribution >= 0.6 is 11.3 Å². The maximum atomic E-state index is 4.90. The van der Waals surface area contributed by atoms with Crippen LogP contribution in [0.1, 0.15) is 0 Å². The molecular weight excluding hydrogens is 318 g/mol. The molecule has 0 bridgehead atoms. The fraction of sp³-hybridized carbons (Fsp3) is 0.0556. The molecule has 4 heterocycles. The van der Waals surface area contributed by atoms with Crippen LogP contribution in [0.5, 0.6) is 0 Å². The van der Waals surface area contributed by atoms with Crippen molar-refractivity contribution in [1.82, 2.24) is 25.0 Å². The molecule has 0 aliphatic carbocycles. The molecule has 0 aliphatic heterocycles. The Bertz CT molecular complexity index is 1180. The number of benzene rings is 1. The van der Waals surface area contributed by atoms with E-state index in [2.05, 4.69) is 44.9 Å². The highest BCUT2D eigenvalue weighted by Gasteiger charge is 2.11. The maximum Gasteiger partial charge on any atom is 0.0921 e. The number of aromatic nitrogens is 5. The second-order valence-electron chi connectivity index (χ2n) is 5.75. The lowest BCUT2D eigenvalue weighted by atomic mass is 10.1. The molecule has 5 nitrogen and oxygen atoms in total. The third kappa shape index (κ3) is 2.04. The third-order valence-electron chi connectivity index (χ3n) is 4.16. The van der Waals surface area contributed by atoms with Crippen LogP contribution in [0.15, 0.2) is 54.3 Å². The van der Waals surface area contributed by atoms with E-state index in [9.17, 15) is 0 Å². The van der Waals surface area contributed by atoms with Gasteiger partial charge in [0, 0.05) is 41.3 Å². The second kappa shape index (κ2) is 5.01. The Kier molecular flexibility index (Phi) is 2.80. The zero-order valence-electron chi connectivity index (χ0n) is 12.9. The highest BCUT2D eigenvalue weighted by atomic mass is 32.1. The molecule has 116 valence electrons. The Morgan fingerprint density at radius 3 is 2.96 bits per heavy atom. The van der Waals surface area contributed by atoms with E-state index in [-0.39, 0.29) is 0 Å². The number of pyridine rings is 1. The van der Waals surface area contributed by atoms with Gasteiger partial charge in [-0.2, -0.15) is 10.2 Å². The lowest BCUT2D eigenvalue weighted by molar-refractivity contribution is 0.768. The van der Waals surface area contributed by atoms with E-state index >= 15 is 0 Å². The van der Waals surface area contributed by atoms with Crippen LogP contribution in [0.2, 0.25) is 0 Å². The van der Waals surface area contributed by atoms with Gasteiger partial charge in [0.2, 0.25) is 0 Å². The van der Waals surface area contributed by atoms with Crippen molar-refractivity contribution < 1.29 is 0 Å². The molecule has 0 saturated carbocycles. The molecule has 24 heavy (non-hydrogen) atoms. The molecule has 0 fully saturated rings. The molecule has 1 N–H and O–H groups in total. The lowest BCUT2D eigenvalue weighted by Crippen LogP contribution is -1.85. The van der Waals surface area contributed by atoms with Gasteiger partial charge < -0.3 is 0 Å². The van der Waals surface area contributed by atoms with Crippen molar-refractivity contribution in [2.75, 3.05) is 0 Å². The predicted octanol–water partition coefficient (Wildman–Crippen LogP) is 4.24. The van der Waals surface area contributed by atoms with E-state index in [1.165, 1.54) is 4.70 Å². The largest absolute Gasteiger partial charge is 0.285 e. The molecule has 0 amide bonds. The third-order valence-corrected chi connectivity index (χ3v) is 5.10. The molecule has 6 heteroatoms. The van der Waals surface area contributed by atoms with Crippen molar-refractivity contribution in [2.24, 2.45) is 7.05 Å². The normalized spacial score (nSPS) is 11.5. The molecule has 0 radical (unpaired) electrons. The quantitative estimate of drug-likeness (QED) is 0.526. The van der Waals surface area contributed by atoms with Crippen molar-refractivity contribution >= 4 is 32.5 Å². The first-order valence-corrected chi connectivity index (χ1v) is 8.47. The smallest absolute Gasteiger partial charge is 0.0921 e. The zero-order chi connectivity index (χ0) is 16.1. The van der Waals surface area contributed by atoms with Gasteiger partial charge in [-0.3, -0.25) is 9.78 Å². The van der Waals surface area contributed by atoms with Gasteiger partial charge >= 0.3 is 0 Å². The van der Waals surface area contributed by atoms with Crippen LogP contribution in [-0.2, 0) is 7.05 Å². The molecule has 5 rings (SSSR count). The number of nitrogens with one attached hydrogen (secondary N) is 1. The minimum Gasteiger partial charge on any atom is -0.285 e. The fourth-order valence-corrected chi connectivity index (χ4v) is 3.85. The molecule has 1 aromatic carbocycles. The first kappa shape index (κ1) is 13.4. The molecule has 4 aromatic heterocycles. The number of fused-ring (bicyclic) bond motifs is 2. The van der Waals surface area contributed by atoms with Gasteiger partial charge in [0.25, 0.3) is 0 Å². The second-order valence-corrected chi connectivity index (χ2v) is 6.67. The van der Waals surface area contributed by atoms with E-state index in [0.717, 1.165) is 38.8 Å². The first-order valence-electron chi connectivity index (χ1n) is 7.59. The van der Waals surface area contributed by atoms with Gasteiger partial charge in [0.1, 0.15) is 0 Å². The minimum atomic E-state index is 0.944. The van der Waals surface area contributed by atoms with E-state index in [0.29, 0.717) is 0 Å². The number of hydrogen-bond acceptors (Lipinski definition) is 4. The summed E-state index contributed by atoms with van der Waals surface area (Å²) in [6.45, 7) is 0. The van der Waals surface area contributed by atoms with Crippen LogP contribution in [0.25, 0.3) is 43.5 Å². The average molecular weight is 331 g/mol. The molecule has 0 spiro atoms. The van der Waals surface area contributed by atoms with Crippen molar-refractivity contribution in [2.45, 2.75) is 0 Å². The highest BCUT2D eigenvalue weighted by molar-refractivity contribution is 7.17. The highest BCUT2D eigenvalue weighted by Crippen LogP contribution is 2.35. The number of nitrogens with zero attached hydrogens (tertiary/aromatic N) is 4. The van der Waals surface area contributed by atoms with E-state index in [4.69, 9.17) is 4.98 Å². The summed E-state index contributed by atoms with van der Waals surface area (Å²) < 4.78 is 2.98. The Morgan fingerprint density at radius 1 is 1.12 bits per heavy atom. The lowest BCUT2D eigenvalue weighted by Gasteiger charge is -2.02. The predicted molar refractivity (Wildman–Crippen MR) is 96.9 cm³/mol. The summed E-state index contributed by atoms with van der Waals surface area (Å²) in [5, 5.41) is 14.6. The molecule has 0 saturated heterocycles. The topological polar surface area (TPSA) is 59.4 Å². The number of hydrogen-bond donors (Lipinski definition) is 1. The summed E-state index contributed by atoms with van der Waals surface area (Å²) in [5.74, 6) is 0. The van der Waals surface area contributed by atoms with E-state index in [1.54, 1.807) is 16.0 Å². The zero-order valence-corrected chi connectivity index (χ0v) is 13.7. The summed E-state index contributed by atoms with van der Waals surface area (Å²) in [4.78, 5) is 4.90. The minimum absolute atomic E-state index is 0.944. The summed E-state index contributed by atoms with van der Waals surface area (Å²) in [5.41, 5.74) is 6.29. The number of rotatable bonds is 2. The van der Waals surface area contributed by atoms with Gasteiger partial charge in [-0.25, -0.2) is 4.98 Å². The van der Waals surface area contributed by atoms with Crippen molar-refractivity contribution in [1.29, 1.82) is 0 Å². The first-order chi connectivity index (χ1) is 11.8. The Morgan fingerprint density at radius 2 is 2.08 bits per heavy atom. The van der Waals surface area contributed by atoms with Gasteiger partial charge in [0.05, 0.1) is 27.6 Å². The van der Waals surface area contributed by atoms with E-state index in [1.807, 2.05) is 31.7 Å². The molecule has 0 unspecified atom stereocenters. The Hall–Kier alpha value is -2.99. The summed E-state index contributed by atoms with van der Waals surface area (Å²) in [6, 6.07) is 10.5. The summed E-state index contributed by atoms with van der Waals surface area (Å²) >= 11 is 1.72. The van der Waals surface area contributed by atoms with Gasteiger partial charge in [-0.15, -0.1) is 11.3 Å². The van der Waals surface area contributed by atoms with Crippen molar-refractivity contribution in [3.63, 3.8) is 0 Å². The van der Waals surface area contributed by atoms with Crippen LogP contribution in [0.3, 0.4) is 0 Å². The average Bonchev–Trinajstić information content (AvgIpc) is 3.32. The number of aromatic amines is 1. The van der Waals surface area contributed by atoms with Gasteiger partial charge in [-0.1, -0.05) is 6.07 Å². The van der Waals surface area contributed by atoms with Crippen LogP contribution in [-0.4, -0.2) is 25.0 Å². The number of aryl methyl sites for hydroxylation is 1. The molecular formula is C18H13N5S. The number of thiophene rings is 1. The molecule has 5 aromatic rings. The standard InChI is InChI=1S/C18H13N5S/c1-23-9-13(8-20-23)15-4-5-17-18(21-15)14(10-24-17)11-2-3-16-12(6-11)7-19-22-16/h2-10H,1H3,(H,19,22). The van der Waals surface area contributed by atoms with Crippen LogP contribution < -0.4 is 0 Å². The SMILES string of the molecule is Cn1cc(-c2ccc3scc(-c4ccc5n[nH]cc5c4)c3n2)cn1.